The van der Waals surface area contributed by atoms with Crippen molar-refractivity contribution in [2.75, 3.05) is 11.4 Å². The van der Waals surface area contributed by atoms with Gasteiger partial charge in [0.25, 0.3) is 5.69 Å². The molecule has 0 aliphatic carbocycles. The first kappa shape index (κ1) is 14.9. The number of rotatable bonds is 3. The maximum absolute atomic E-state index is 12.9. The summed E-state index contributed by atoms with van der Waals surface area (Å²) in [5, 5.41) is 9.20. The van der Waals surface area contributed by atoms with Gasteiger partial charge in [-0.15, -0.1) is 3.89 Å². The van der Waals surface area contributed by atoms with Gasteiger partial charge in [-0.05, 0) is 22.0 Å². The van der Waals surface area contributed by atoms with Gasteiger partial charge in [0.15, 0.2) is 0 Å². The van der Waals surface area contributed by atoms with Crippen molar-refractivity contribution < 1.29 is 22.0 Å². The summed E-state index contributed by atoms with van der Waals surface area (Å²) in [5.41, 5.74) is 0.0914. The Morgan fingerprint density at radius 3 is 2.55 bits per heavy atom. The normalized spacial score (nSPS) is 19.4. The van der Waals surface area contributed by atoms with Crippen LogP contribution < -0.4 is 4.90 Å². The maximum Gasteiger partial charge on any atom is 0.307 e. The van der Waals surface area contributed by atoms with Crippen molar-refractivity contribution in [3.63, 3.8) is 0 Å². The number of carbonyl (C=O) groups is 1. The van der Waals surface area contributed by atoms with Crippen LogP contribution in [0.1, 0.15) is 6.42 Å². The summed E-state index contributed by atoms with van der Waals surface area (Å²) in [4.78, 5) is 22.8. The third-order valence-corrected chi connectivity index (χ3v) is 4.67. The lowest BCUT2D eigenvalue weighted by Crippen LogP contribution is -2.27. The van der Waals surface area contributed by atoms with Gasteiger partial charge in [-0.25, -0.2) is 0 Å². The van der Waals surface area contributed by atoms with E-state index in [-0.39, 0.29) is 22.4 Å². The number of nitrogens with zero attached hydrogens (tertiary/aromatic N) is 2. The van der Waals surface area contributed by atoms with Crippen LogP contribution in [-0.2, 0) is 15.0 Å². The van der Waals surface area contributed by atoms with Gasteiger partial charge in [0.05, 0.1) is 10.6 Å². The predicted molar refractivity (Wildman–Crippen MR) is 71.6 cm³/mol. The van der Waals surface area contributed by atoms with Gasteiger partial charge in [-0.1, -0.05) is 0 Å². The molecule has 0 aromatic heterocycles. The number of hydrogen-bond acceptors (Lipinski definition) is 5. The van der Waals surface area contributed by atoms with Crippen molar-refractivity contribution in [3.8, 4) is 0 Å². The zero-order chi connectivity index (χ0) is 15.1. The molecule has 0 bridgehead atoms. The molecule has 7 nitrogen and oxygen atoms in total. The van der Waals surface area contributed by atoms with E-state index < -0.39 is 32.7 Å². The van der Waals surface area contributed by atoms with Crippen LogP contribution in [0.2, 0.25) is 0 Å². The first-order chi connectivity index (χ1) is 9.20. The number of amides is 1. The molecule has 1 amide bonds. The van der Waals surface area contributed by atoms with Gasteiger partial charge in [-0.3, -0.25) is 14.9 Å². The van der Waals surface area contributed by atoms with Crippen LogP contribution in [0.4, 0.5) is 15.3 Å². The van der Waals surface area contributed by atoms with Gasteiger partial charge in [0.1, 0.15) is 5.25 Å². The Bertz CT molecular complexity index is 693. The minimum Gasteiger partial charge on any atom is -0.310 e. The second-order valence-corrected chi connectivity index (χ2v) is 6.67. The van der Waals surface area contributed by atoms with E-state index in [9.17, 15) is 27.2 Å². The van der Waals surface area contributed by atoms with E-state index in [1.54, 1.807) is 0 Å². The Morgan fingerprint density at radius 2 is 2.10 bits per heavy atom. The number of halogens is 2. The standard InChI is InChI=1S/C10H8BrFN2O5S/c11-8-3-6(14(16)17)1-2-9(8)13-5-7(4-10(13)15)20(12,18)19/h1-3,7H,4-5H2. The van der Waals surface area contributed by atoms with Crippen LogP contribution in [0.15, 0.2) is 22.7 Å². The van der Waals surface area contributed by atoms with Crippen LogP contribution in [0.3, 0.4) is 0 Å². The summed E-state index contributed by atoms with van der Waals surface area (Å²) in [6, 6.07) is 3.69. The zero-order valence-electron chi connectivity index (χ0n) is 9.82. The molecule has 2 rings (SSSR count). The SMILES string of the molecule is O=C1CC(S(=O)(=O)F)CN1c1ccc([N+](=O)[O-])cc1Br. The average Bonchev–Trinajstić information content (AvgIpc) is 2.71. The molecule has 1 fully saturated rings. The van der Waals surface area contributed by atoms with Crippen LogP contribution in [0.5, 0.6) is 0 Å². The molecular formula is C10H8BrFN2O5S. The molecule has 1 saturated heterocycles. The highest BCUT2D eigenvalue weighted by Gasteiger charge is 2.39. The molecule has 108 valence electrons. The molecule has 1 atom stereocenters. The maximum atomic E-state index is 12.9. The minimum atomic E-state index is -4.80. The van der Waals surface area contributed by atoms with Gasteiger partial charge < -0.3 is 4.90 Å². The second-order valence-electron chi connectivity index (χ2n) is 4.20. The van der Waals surface area contributed by atoms with E-state index in [0.29, 0.717) is 0 Å². The molecule has 0 saturated carbocycles. The monoisotopic (exact) mass is 366 g/mol. The van der Waals surface area contributed by atoms with Gasteiger partial charge in [0, 0.05) is 29.6 Å². The summed E-state index contributed by atoms with van der Waals surface area (Å²) in [7, 11) is -4.80. The number of nitro benzene ring substituents is 1. The zero-order valence-corrected chi connectivity index (χ0v) is 12.2. The van der Waals surface area contributed by atoms with Crippen molar-refractivity contribution in [1.82, 2.24) is 0 Å². The molecule has 1 heterocycles. The summed E-state index contributed by atoms with van der Waals surface area (Å²) < 4.78 is 34.9. The number of anilines is 1. The Morgan fingerprint density at radius 1 is 1.45 bits per heavy atom. The first-order valence-electron chi connectivity index (χ1n) is 5.38. The fourth-order valence-corrected chi connectivity index (χ4v) is 3.17. The predicted octanol–water partition coefficient (Wildman–Crippen LogP) is 1.76. The van der Waals surface area contributed by atoms with E-state index in [1.807, 2.05) is 0 Å². The lowest BCUT2D eigenvalue weighted by molar-refractivity contribution is -0.384. The minimum absolute atomic E-state index is 0.179. The quantitative estimate of drug-likeness (QED) is 0.461. The van der Waals surface area contributed by atoms with Crippen molar-refractivity contribution in [1.29, 1.82) is 0 Å². The number of nitro groups is 1. The molecule has 20 heavy (non-hydrogen) atoms. The third kappa shape index (κ3) is 2.80. The topological polar surface area (TPSA) is 97.6 Å². The van der Waals surface area contributed by atoms with Crippen LogP contribution in [0.25, 0.3) is 0 Å². The van der Waals surface area contributed by atoms with Crippen molar-refractivity contribution in [2.45, 2.75) is 11.7 Å². The van der Waals surface area contributed by atoms with Gasteiger partial charge in [0.2, 0.25) is 5.91 Å². The summed E-state index contributed by atoms with van der Waals surface area (Å²) in [6.07, 6.45) is -0.442. The molecule has 1 aromatic carbocycles. The molecule has 1 aromatic rings. The molecule has 0 radical (unpaired) electrons. The molecule has 1 aliphatic heterocycles. The molecule has 1 aliphatic rings. The Labute approximate surface area is 121 Å². The van der Waals surface area contributed by atoms with E-state index in [1.165, 1.54) is 18.2 Å². The Kier molecular flexibility index (Phi) is 3.78. The second kappa shape index (κ2) is 5.09. The molecule has 1 unspecified atom stereocenters. The number of non-ortho nitro benzene ring substituents is 1. The highest BCUT2D eigenvalue weighted by Crippen LogP contribution is 2.34. The first-order valence-corrected chi connectivity index (χ1v) is 7.62. The average molecular weight is 367 g/mol. The van der Waals surface area contributed by atoms with E-state index in [2.05, 4.69) is 15.9 Å². The number of carbonyl (C=O) groups excluding carboxylic acids is 1. The smallest absolute Gasteiger partial charge is 0.307 e. The summed E-state index contributed by atoms with van der Waals surface area (Å²) in [6.45, 7) is -0.311. The van der Waals surface area contributed by atoms with Crippen molar-refractivity contribution in [2.24, 2.45) is 0 Å². The lowest BCUT2D eigenvalue weighted by Gasteiger charge is -2.17. The fraction of sp³-hybridized carbons (Fsp3) is 0.300. The van der Waals surface area contributed by atoms with E-state index in [0.717, 1.165) is 4.90 Å². The molecule has 0 N–H and O–H groups in total. The number of hydrogen-bond donors (Lipinski definition) is 0. The van der Waals surface area contributed by atoms with E-state index in [4.69, 9.17) is 0 Å². The summed E-state index contributed by atoms with van der Waals surface area (Å²) >= 11 is 3.08. The number of benzene rings is 1. The van der Waals surface area contributed by atoms with Crippen molar-refractivity contribution >= 4 is 43.4 Å². The van der Waals surface area contributed by atoms with Gasteiger partial charge in [-0.2, -0.15) is 8.42 Å². The molecule has 10 heteroatoms. The molecular weight excluding hydrogens is 359 g/mol. The van der Waals surface area contributed by atoms with Gasteiger partial charge >= 0.3 is 10.2 Å². The Hall–Kier alpha value is -1.55. The molecule has 0 spiro atoms. The van der Waals surface area contributed by atoms with Crippen LogP contribution in [0, 0.1) is 10.1 Å². The van der Waals surface area contributed by atoms with E-state index >= 15 is 0 Å². The third-order valence-electron chi connectivity index (χ3n) is 2.92. The lowest BCUT2D eigenvalue weighted by atomic mass is 10.2. The fourth-order valence-electron chi connectivity index (χ4n) is 1.92. The van der Waals surface area contributed by atoms with Crippen LogP contribution in [-0.4, -0.2) is 31.0 Å². The highest BCUT2D eigenvalue weighted by atomic mass is 79.9. The largest absolute Gasteiger partial charge is 0.310 e. The van der Waals surface area contributed by atoms with Crippen LogP contribution >= 0.6 is 15.9 Å². The summed E-state index contributed by atoms with van der Waals surface area (Å²) in [5.74, 6) is -0.550. The Balaban J connectivity index is 2.33. The van der Waals surface area contributed by atoms with Crippen molar-refractivity contribution in [3.05, 3.63) is 32.8 Å². The highest BCUT2D eigenvalue weighted by molar-refractivity contribution is 9.10.